The average molecular weight is 772 g/mol. The molecule has 0 fully saturated rings. The Bertz CT molecular complexity index is 23.0. The van der Waals surface area contributed by atoms with Crippen LogP contribution in [0.25, 0.3) is 0 Å². The van der Waals surface area contributed by atoms with Gasteiger partial charge in [-0.1, -0.05) is 0 Å². The third kappa shape index (κ3) is 23.8. The molecule has 0 spiro atoms. The molecule has 0 atom stereocenters. The van der Waals surface area contributed by atoms with Crippen LogP contribution in [0.2, 0.25) is 0 Å². The summed E-state index contributed by atoms with van der Waals surface area (Å²) in [4.78, 5) is 0. The zero-order valence-electron chi connectivity index (χ0n) is 2.52. The molecule has 0 unspecified atom stereocenters. The fraction of sp³-hybridized carbons (Fsp3) is 0. The molecule has 0 bridgehead atoms. The molecule has 0 heterocycles. The Morgan fingerprint density at radius 2 is 0.833 bits per heavy atom. The van der Waals surface area contributed by atoms with Crippen molar-refractivity contribution in [3.05, 3.63) is 0 Å². The van der Waals surface area contributed by atoms with Crippen LogP contribution in [0.1, 0.15) is 0 Å². The molecule has 6 heteroatoms. The van der Waals surface area contributed by atoms with Crippen LogP contribution >= 0.6 is 70.7 Å². The van der Waals surface area contributed by atoms with Gasteiger partial charge in [-0.2, -0.15) is 0 Å². The molecule has 0 saturated heterocycles. The van der Waals surface area contributed by atoms with Gasteiger partial charge in [0, 0.05) is 0 Å². The van der Waals surface area contributed by atoms with Crippen molar-refractivity contribution in [2.24, 2.45) is 0 Å². The summed E-state index contributed by atoms with van der Waals surface area (Å²) in [7, 11) is 0. The van der Waals surface area contributed by atoms with E-state index < -0.39 is 4.17 Å². The molecular formula is CuHgI4. The summed E-state index contributed by atoms with van der Waals surface area (Å²) in [5.74, 6) is 0. The molecule has 0 N–H and O–H groups in total. The van der Waals surface area contributed by atoms with Crippen LogP contribution in [0.4, 0.5) is 0 Å². The van der Waals surface area contributed by atoms with Crippen LogP contribution < -0.4 is 0 Å². The topological polar surface area (TPSA) is 0 Å². The first kappa shape index (κ1) is 13.0. The van der Waals surface area contributed by atoms with Crippen LogP contribution in [-0.4, -0.2) is 0 Å². The third-order valence-electron chi connectivity index (χ3n) is 0. The number of halogens is 4. The summed E-state index contributed by atoms with van der Waals surface area (Å²) in [5, 5.41) is 0. The minimum absolute atomic E-state index is 0. The van der Waals surface area contributed by atoms with Gasteiger partial charge in [0.1, 0.15) is 0 Å². The van der Waals surface area contributed by atoms with E-state index in [9.17, 15) is 0 Å². The van der Waals surface area contributed by atoms with Crippen LogP contribution in [0, 0.1) is 0 Å². The van der Waals surface area contributed by atoms with Gasteiger partial charge in [0.05, 0.1) is 0 Å². The van der Waals surface area contributed by atoms with E-state index in [1.807, 2.05) is 0 Å². The first-order valence-electron chi connectivity index (χ1n) is 1.07. The van der Waals surface area contributed by atoms with Crippen molar-refractivity contribution in [1.82, 2.24) is 0 Å². The number of hydrogen-bond donors (Lipinski definition) is 0. The van der Waals surface area contributed by atoms with Crippen LogP contribution in [0.5, 0.6) is 0 Å². The number of rotatable bonds is 0. The van der Waals surface area contributed by atoms with Crippen molar-refractivity contribution < 1.29 is 21.2 Å². The van der Waals surface area contributed by atoms with E-state index in [-0.39, 0.29) is 17.1 Å². The van der Waals surface area contributed by atoms with Gasteiger partial charge in [-0.05, 0) is 0 Å². The Labute approximate surface area is 88.4 Å². The normalized spacial score (nSPS) is 10.0. The van der Waals surface area contributed by atoms with E-state index in [2.05, 4.69) is 70.7 Å². The van der Waals surface area contributed by atoms with Crippen molar-refractivity contribution in [3.8, 4) is 0 Å². The zero-order valence-corrected chi connectivity index (χ0v) is 17.6. The second kappa shape index (κ2) is 6.11. The molecule has 0 saturated carbocycles. The molecule has 0 nitrogen and oxygen atoms in total. The summed E-state index contributed by atoms with van der Waals surface area (Å²) >= 11 is 10.3. The van der Waals surface area contributed by atoms with Gasteiger partial charge in [0.25, 0.3) is 0 Å². The monoisotopic (exact) mass is 773 g/mol. The van der Waals surface area contributed by atoms with Gasteiger partial charge < -0.3 is 0 Å². The van der Waals surface area contributed by atoms with E-state index in [0.717, 1.165) is 0 Å². The van der Waals surface area contributed by atoms with Gasteiger partial charge in [-0.25, -0.2) is 0 Å². The molecule has 0 aliphatic rings. The zero-order chi connectivity index (χ0) is 4.50. The summed E-state index contributed by atoms with van der Waals surface area (Å²) in [6, 6.07) is 0. The van der Waals surface area contributed by atoms with E-state index in [4.69, 9.17) is 0 Å². The van der Waals surface area contributed by atoms with Gasteiger partial charge in [-0.3, -0.25) is 0 Å². The first-order chi connectivity index (χ1) is 2.00. The molecule has 0 amide bonds. The third-order valence-corrected chi connectivity index (χ3v) is 0. The standard InChI is InChI=1S/Cu.Hg.4HI/h;;4*1H/q2*+2;;;;/p-4. The van der Waals surface area contributed by atoms with Gasteiger partial charge in [0.15, 0.2) is 0 Å². The van der Waals surface area contributed by atoms with Crippen molar-refractivity contribution in [2.45, 2.75) is 0 Å². The van der Waals surface area contributed by atoms with Crippen molar-refractivity contribution in [1.29, 1.82) is 0 Å². The number of hydrogen-bond acceptors (Lipinski definition) is 0. The molecule has 0 aromatic carbocycles. The van der Waals surface area contributed by atoms with Gasteiger partial charge in [-0.15, -0.1) is 0 Å². The van der Waals surface area contributed by atoms with Crippen molar-refractivity contribution in [2.75, 3.05) is 0 Å². The molecule has 6 heavy (non-hydrogen) atoms. The second-order valence-electron chi connectivity index (χ2n) is 0.606. The maximum atomic E-state index is 2.57. The Morgan fingerprint density at radius 1 is 0.833 bits per heavy atom. The fourth-order valence-electron chi connectivity index (χ4n) is 0. The molecule has 41 valence electrons. The molecule has 0 aliphatic heterocycles. The van der Waals surface area contributed by atoms with Crippen molar-refractivity contribution >= 4 is 70.7 Å². The summed E-state index contributed by atoms with van der Waals surface area (Å²) < 4.78 is -1.51. The first-order valence-corrected chi connectivity index (χ1v) is 62.9. The summed E-state index contributed by atoms with van der Waals surface area (Å²) in [6.45, 7) is 0. The molecule has 0 aromatic rings. The van der Waals surface area contributed by atoms with E-state index in [1.165, 1.54) is 0 Å². The minimum atomic E-state index is -1.51. The Balaban J connectivity index is 0. The maximum absolute atomic E-state index is 2.57. The second-order valence-corrected chi connectivity index (χ2v) is 239. The van der Waals surface area contributed by atoms with Crippen molar-refractivity contribution in [3.63, 3.8) is 0 Å². The SMILES string of the molecule is [Cu+2].[I][Hg-2]([I])([I])[I]. The summed E-state index contributed by atoms with van der Waals surface area (Å²) in [5.41, 5.74) is 0. The molecular weight excluding hydrogens is 772 g/mol. The predicted molar refractivity (Wildman–Crippen MR) is 56.1 cm³/mol. The van der Waals surface area contributed by atoms with Gasteiger partial charge >= 0.3 is 91.9 Å². The summed E-state index contributed by atoms with van der Waals surface area (Å²) in [6.07, 6.45) is 0. The van der Waals surface area contributed by atoms with E-state index in [1.54, 1.807) is 0 Å². The average Bonchev–Trinajstić information content (AvgIpc) is 0.722. The van der Waals surface area contributed by atoms with E-state index >= 15 is 0 Å². The van der Waals surface area contributed by atoms with E-state index in [0.29, 0.717) is 0 Å². The van der Waals surface area contributed by atoms with Gasteiger partial charge in [0.2, 0.25) is 0 Å². The molecule has 0 aliphatic carbocycles. The molecule has 0 aromatic heterocycles. The van der Waals surface area contributed by atoms with Crippen LogP contribution in [-0.2, 0) is 21.2 Å². The Morgan fingerprint density at radius 3 is 0.833 bits per heavy atom. The van der Waals surface area contributed by atoms with Crippen LogP contribution in [0.3, 0.4) is 0 Å². The van der Waals surface area contributed by atoms with Crippen LogP contribution in [0.15, 0.2) is 0 Å². The fourth-order valence-corrected chi connectivity index (χ4v) is 0. The Kier molecular flexibility index (Phi) is 13.2. The molecule has 1 radical (unpaired) electrons. The Hall–Kier alpha value is 4.37. The predicted octanol–water partition coefficient (Wildman–Crippen LogP) is 3.54. The molecule has 0 rings (SSSR count). The quantitative estimate of drug-likeness (QED) is 0.262.